The second kappa shape index (κ2) is 4.38. The van der Waals surface area contributed by atoms with Gasteiger partial charge in [-0.2, -0.15) is 0 Å². The van der Waals surface area contributed by atoms with Crippen molar-refractivity contribution in [3.63, 3.8) is 0 Å². The van der Waals surface area contributed by atoms with Crippen LogP contribution in [-0.4, -0.2) is 13.6 Å². The second-order valence-electron chi connectivity index (χ2n) is 3.33. The third kappa shape index (κ3) is 2.28. The van der Waals surface area contributed by atoms with Gasteiger partial charge in [0.15, 0.2) is 0 Å². The van der Waals surface area contributed by atoms with Gasteiger partial charge in [-0.25, -0.2) is 4.39 Å². The molecule has 72 valence electrons. The summed E-state index contributed by atoms with van der Waals surface area (Å²) in [6.07, 6.45) is 0.888. The van der Waals surface area contributed by atoms with Crippen LogP contribution in [0.5, 0.6) is 0 Å². The lowest BCUT2D eigenvalue weighted by molar-refractivity contribution is 0.605. The molecule has 0 bridgehead atoms. The molecule has 0 aromatic heterocycles. The number of benzene rings is 1. The van der Waals surface area contributed by atoms with Gasteiger partial charge in [-0.15, -0.1) is 0 Å². The van der Waals surface area contributed by atoms with E-state index >= 15 is 0 Å². The molecular weight excluding hydrogens is 165 g/mol. The summed E-state index contributed by atoms with van der Waals surface area (Å²) in [6.45, 7) is 4.53. The van der Waals surface area contributed by atoms with Crippen LogP contribution in [0.1, 0.15) is 16.7 Å². The molecule has 1 N–H and O–H groups in total. The highest BCUT2D eigenvalue weighted by Gasteiger charge is 2.05. The average Bonchev–Trinajstić information content (AvgIpc) is 2.13. The van der Waals surface area contributed by atoms with Crippen molar-refractivity contribution in [2.45, 2.75) is 20.3 Å². The zero-order valence-electron chi connectivity index (χ0n) is 8.45. The van der Waals surface area contributed by atoms with E-state index in [-0.39, 0.29) is 5.82 Å². The van der Waals surface area contributed by atoms with Gasteiger partial charge in [0.2, 0.25) is 0 Å². The van der Waals surface area contributed by atoms with Crippen molar-refractivity contribution in [1.82, 2.24) is 5.32 Å². The fourth-order valence-electron chi connectivity index (χ4n) is 1.39. The average molecular weight is 181 g/mol. The van der Waals surface area contributed by atoms with Gasteiger partial charge >= 0.3 is 0 Å². The molecule has 0 saturated carbocycles. The second-order valence-corrected chi connectivity index (χ2v) is 3.33. The quantitative estimate of drug-likeness (QED) is 0.753. The summed E-state index contributed by atoms with van der Waals surface area (Å²) in [5.41, 5.74) is 2.61. The first-order valence-corrected chi connectivity index (χ1v) is 4.56. The molecule has 0 aliphatic carbocycles. The smallest absolute Gasteiger partial charge is 0.129 e. The van der Waals surface area contributed by atoms with Crippen LogP contribution in [0.25, 0.3) is 0 Å². The fourth-order valence-corrected chi connectivity index (χ4v) is 1.39. The van der Waals surface area contributed by atoms with Crippen molar-refractivity contribution >= 4 is 0 Å². The van der Waals surface area contributed by atoms with E-state index in [4.69, 9.17) is 0 Å². The summed E-state index contributed by atoms with van der Waals surface area (Å²) in [6, 6.07) is 3.85. The SMILES string of the molecule is CNCCc1ccc(C)c(F)c1C. The molecule has 2 heteroatoms. The van der Waals surface area contributed by atoms with Crippen molar-refractivity contribution in [1.29, 1.82) is 0 Å². The number of hydrogen-bond acceptors (Lipinski definition) is 1. The summed E-state index contributed by atoms with van der Waals surface area (Å²) < 4.78 is 13.4. The third-order valence-electron chi connectivity index (χ3n) is 2.34. The van der Waals surface area contributed by atoms with Crippen molar-refractivity contribution in [2.24, 2.45) is 0 Å². The monoisotopic (exact) mass is 181 g/mol. The maximum atomic E-state index is 13.4. The summed E-state index contributed by atoms with van der Waals surface area (Å²) in [4.78, 5) is 0. The van der Waals surface area contributed by atoms with E-state index in [2.05, 4.69) is 5.32 Å². The molecule has 1 rings (SSSR count). The molecule has 0 spiro atoms. The zero-order chi connectivity index (χ0) is 9.84. The van der Waals surface area contributed by atoms with Gasteiger partial charge < -0.3 is 5.32 Å². The molecule has 13 heavy (non-hydrogen) atoms. The Morgan fingerprint density at radius 1 is 1.31 bits per heavy atom. The normalized spacial score (nSPS) is 10.5. The van der Waals surface area contributed by atoms with Gasteiger partial charge in [0.1, 0.15) is 5.82 Å². The molecular formula is C11H16FN. The summed E-state index contributed by atoms with van der Waals surface area (Å²) in [7, 11) is 1.90. The lowest BCUT2D eigenvalue weighted by Crippen LogP contribution is -2.11. The molecule has 0 radical (unpaired) electrons. The molecule has 0 heterocycles. The van der Waals surface area contributed by atoms with E-state index in [1.54, 1.807) is 6.92 Å². The van der Waals surface area contributed by atoms with Crippen LogP contribution < -0.4 is 5.32 Å². The molecule has 0 aliphatic rings. The van der Waals surface area contributed by atoms with Crippen LogP contribution in [0.3, 0.4) is 0 Å². The maximum Gasteiger partial charge on any atom is 0.129 e. The number of hydrogen-bond donors (Lipinski definition) is 1. The van der Waals surface area contributed by atoms with Crippen LogP contribution in [0.2, 0.25) is 0 Å². The highest BCUT2D eigenvalue weighted by molar-refractivity contribution is 5.32. The minimum atomic E-state index is -0.0615. The molecule has 0 fully saturated rings. The standard InChI is InChI=1S/C11H16FN/c1-8-4-5-10(6-7-13-3)9(2)11(8)12/h4-5,13H,6-7H2,1-3H3. The first-order valence-electron chi connectivity index (χ1n) is 4.56. The maximum absolute atomic E-state index is 13.4. The largest absolute Gasteiger partial charge is 0.319 e. The van der Waals surface area contributed by atoms with Crippen LogP contribution in [-0.2, 0) is 6.42 Å². The van der Waals surface area contributed by atoms with Gasteiger partial charge in [-0.05, 0) is 50.6 Å². The van der Waals surface area contributed by atoms with E-state index in [0.717, 1.165) is 29.7 Å². The van der Waals surface area contributed by atoms with Crippen molar-refractivity contribution < 1.29 is 4.39 Å². The van der Waals surface area contributed by atoms with Gasteiger partial charge in [0, 0.05) is 0 Å². The van der Waals surface area contributed by atoms with E-state index < -0.39 is 0 Å². The Morgan fingerprint density at radius 3 is 2.62 bits per heavy atom. The molecule has 0 saturated heterocycles. The highest BCUT2D eigenvalue weighted by Crippen LogP contribution is 2.16. The Hall–Kier alpha value is -0.890. The van der Waals surface area contributed by atoms with E-state index in [0.29, 0.717) is 0 Å². The number of likely N-dealkylation sites (N-methyl/N-ethyl adjacent to an activating group) is 1. The first-order chi connectivity index (χ1) is 6.16. The Balaban J connectivity index is 2.90. The Kier molecular flexibility index (Phi) is 3.43. The molecule has 0 atom stereocenters. The number of aryl methyl sites for hydroxylation is 1. The van der Waals surface area contributed by atoms with Crippen molar-refractivity contribution in [2.75, 3.05) is 13.6 Å². The minimum absolute atomic E-state index is 0.0615. The highest BCUT2D eigenvalue weighted by atomic mass is 19.1. The molecule has 1 aromatic carbocycles. The lowest BCUT2D eigenvalue weighted by atomic mass is 10.0. The Bertz CT molecular complexity index is 294. The minimum Gasteiger partial charge on any atom is -0.319 e. The number of nitrogens with one attached hydrogen (secondary N) is 1. The molecule has 1 aromatic rings. The van der Waals surface area contributed by atoms with Gasteiger partial charge in [0.25, 0.3) is 0 Å². The zero-order valence-corrected chi connectivity index (χ0v) is 8.45. The Labute approximate surface area is 79.0 Å². The van der Waals surface area contributed by atoms with Crippen LogP contribution in [0.15, 0.2) is 12.1 Å². The van der Waals surface area contributed by atoms with Crippen LogP contribution in [0, 0.1) is 19.7 Å². The van der Waals surface area contributed by atoms with E-state index in [9.17, 15) is 4.39 Å². The lowest BCUT2D eigenvalue weighted by Gasteiger charge is -2.08. The van der Waals surface area contributed by atoms with Gasteiger partial charge in [0.05, 0.1) is 0 Å². The van der Waals surface area contributed by atoms with E-state index in [1.807, 2.05) is 26.1 Å². The summed E-state index contributed by atoms with van der Waals surface area (Å²) in [5, 5.41) is 3.06. The van der Waals surface area contributed by atoms with Crippen molar-refractivity contribution in [3.8, 4) is 0 Å². The Morgan fingerprint density at radius 2 is 2.00 bits per heavy atom. The van der Waals surface area contributed by atoms with Crippen molar-refractivity contribution in [3.05, 3.63) is 34.6 Å². The summed E-state index contributed by atoms with van der Waals surface area (Å²) in [5.74, 6) is -0.0615. The predicted octanol–water partition coefficient (Wildman–Crippen LogP) is 2.20. The number of rotatable bonds is 3. The first kappa shape index (κ1) is 10.2. The summed E-state index contributed by atoms with van der Waals surface area (Å²) >= 11 is 0. The fraction of sp³-hybridized carbons (Fsp3) is 0.455. The molecule has 0 amide bonds. The third-order valence-corrected chi connectivity index (χ3v) is 2.34. The van der Waals surface area contributed by atoms with Crippen LogP contribution in [0.4, 0.5) is 4.39 Å². The van der Waals surface area contributed by atoms with Crippen LogP contribution >= 0.6 is 0 Å². The molecule has 0 aliphatic heterocycles. The van der Waals surface area contributed by atoms with E-state index in [1.165, 1.54) is 0 Å². The number of halogens is 1. The topological polar surface area (TPSA) is 12.0 Å². The molecule has 1 nitrogen and oxygen atoms in total. The predicted molar refractivity (Wildman–Crippen MR) is 53.5 cm³/mol. The van der Waals surface area contributed by atoms with Gasteiger partial charge in [-0.3, -0.25) is 0 Å². The van der Waals surface area contributed by atoms with Gasteiger partial charge in [-0.1, -0.05) is 12.1 Å². The molecule has 0 unspecified atom stereocenters.